The van der Waals surface area contributed by atoms with E-state index in [1.165, 1.54) is 11.3 Å². The number of aryl methyl sites for hydroxylation is 1. The van der Waals surface area contributed by atoms with Gasteiger partial charge in [-0.15, -0.1) is 0 Å². The highest BCUT2D eigenvalue weighted by Crippen LogP contribution is 2.28. The summed E-state index contributed by atoms with van der Waals surface area (Å²) in [5, 5.41) is 10.6. The van der Waals surface area contributed by atoms with Gasteiger partial charge < -0.3 is 14.7 Å². The van der Waals surface area contributed by atoms with Gasteiger partial charge in [0.05, 0.1) is 17.7 Å². The molecule has 1 aliphatic rings. The first kappa shape index (κ1) is 18.2. The van der Waals surface area contributed by atoms with Gasteiger partial charge in [0.1, 0.15) is 5.75 Å². The van der Waals surface area contributed by atoms with Crippen molar-refractivity contribution < 1.29 is 9.84 Å². The number of halogens is 1. The number of ether oxygens (including phenoxy) is 1. The van der Waals surface area contributed by atoms with Gasteiger partial charge in [-0.3, -0.25) is 4.90 Å². The molecule has 0 radical (unpaired) electrons. The van der Waals surface area contributed by atoms with E-state index < -0.39 is 6.10 Å². The normalized spacial score (nSPS) is 16.7. The quantitative estimate of drug-likeness (QED) is 0.825. The summed E-state index contributed by atoms with van der Waals surface area (Å²) in [4.78, 5) is 4.76. The lowest BCUT2D eigenvalue weighted by molar-refractivity contribution is 0.109. The van der Waals surface area contributed by atoms with Crippen molar-refractivity contribution >= 4 is 21.6 Å². The summed E-state index contributed by atoms with van der Waals surface area (Å²) in [7, 11) is 1.64. The summed E-state index contributed by atoms with van der Waals surface area (Å²) >= 11 is 3.48. The lowest BCUT2D eigenvalue weighted by Gasteiger charge is -2.37. The van der Waals surface area contributed by atoms with Gasteiger partial charge in [0.25, 0.3) is 0 Å². The molecule has 1 unspecified atom stereocenters. The van der Waals surface area contributed by atoms with E-state index in [9.17, 15) is 5.11 Å². The number of hydrogen-bond donors (Lipinski definition) is 1. The standard InChI is InChI=1S/C20H25BrN2O2/c1-15-5-3-4-6-18(15)23-11-9-22(10-12-23)14-19(24)16-7-8-20(25-2)17(21)13-16/h3-8,13,19,24H,9-12,14H2,1-2H3. The zero-order chi connectivity index (χ0) is 17.8. The molecule has 0 aliphatic carbocycles. The number of benzene rings is 2. The smallest absolute Gasteiger partial charge is 0.133 e. The SMILES string of the molecule is COc1ccc(C(O)CN2CCN(c3ccccc3C)CC2)cc1Br. The van der Waals surface area contributed by atoms with Crippen molar-refractivity contribution in [2.75, 3.05) is 44.7 Å². The molecule has 1 N–H and O–H groups in total. The van der Waals surface area contributed by atoms with Crippen LogP contribution in [0.3, 0.4) is 0 Å². The van der Waals surface area contributed by atoms with Crippen molar-refractivity contribution in [3.05, 3.63) is 58.1 Å². The Morgan fingerprint density at radius 2 is 1.84 bits per heavy atom. The third kappa shape index (κ3) is 4.35. The fourth-order valence-electron chi connectivity index (χ4n) is 3.33. The van der Waals surface area contributed by atoms with Crippen LogP contribution in [0.25, 0.3) is 0 Å². The van der Waals surface area contributed by atoms with Crippen LogP contribution in [0.5, 0.6) is 5.75 Å². The molecule has 5 heteroatoms. The van der Waals surface area contributed by atoms with Crippen LogP contribution < -0.4 is 9.64 Å². The molecule has 3 rings (SSSR count). The van der Waals surface area contributed by atoms with E-state index in [-0.39, 0.29) is 0 Å². The predicted octanol–water partition coefficient (Wildman–Crippen LogP) is 3.62. The average molecular weight is 405 g/mol. The van der Waals surface area contributed by atoms with Crippen molar-refractivity contribution in [1.29, 1.82) is 0 Å². The molecule has 1 fully saturated rings. The van der Waals surface area contributed by atoms with E-state index in [0.29, 0.717) is 6.54 Å². The third-order valence-electron chi connectivity index (χ3n) is 4.82. The second-order valence-corrected chi connectivity index (χ2v) is 7.34. The summed E-state index contributed by atoms with van der Waals surface area (Å²) in [6.07, 6.45) is -0.493. The minimum Gasteiger partial charge on any atom is -0.496 e. The largest absolute Gasteiger partial charge is 0.496 e. The maximum Gasteiger partial charge on any atom is 0.133 e. The maximum atomic E-state index is 10.6. The van der Waals surface area contributed by atoms with Gasteiger partial charge in [-0.25, -0.2) is 0 Å². The van der Waals surface area contributed by atoms with Crippen molar-refractivity contribution in [3.8, 4) is 5.75 Å². The molecule has 2 aromatic rings. The molecule has 2 aromatic carbocycles. The van der Waals surface area contributed by atoms with Crippen molar-refractivity contribution in [1.82, 2.24) is 4.90 Å². The fourth-order valence-corrected chi connectivity index (χ4v) is 3.89. The number of methoxy groups -OCH3 is 1. The molecule has 0 saturated carbocycles. The third-order valence-corrected chi connectivity index (χ3v) is 5.44. The van der Waals surface area contributed by atoms with Gasteiger partial charge in [0, 0.05) is 38.4 Å². The fraction of sp³-hybridized carbons (Fsp3) is 0.400. The number of nitrogens with zero attached hydrogens (tertiary/aromatic N) is 2. The first-order valence-corrected chi connectivity index (χ1v) is 9.42. The monoisotopic (exact) mass is 404 g/mol. The zero-order valence-electron chi connectivity index (χ0n) is 14.8. The van der Waals surface area contributed by atoms with Crippen LogP contribution in [0.15, 0.2) is 46.9 Å². The summed E-state index contributed by atoms with van der Waals surface area (Å²) < 4.78 is 6.12. The second kappa shape index (κ2) is 8.21. The molecule has 0 spiro atoms. The molecule has 0 aromatic heterocycles. The van der Waals surface area contributed by atoms with E-state index in [2.05, 4.69) is 56.9 Å². The number of anilines is 1. The van der Waals surface area contributed by atoms with Crippen LogP contribution >= 0.6 is 15.9 Å². The predicted molar refractivity (Wildman–Crippen MR) is 105 cm³/mol. The minimum atomic E-state index is -0.493. The Morgan fingerprint density at radius 1 is 1.12 bits per heavy atom. The highest BCUT2D eigenvalue weighted by Gasteiger charge is 2.21. The van der Waals surface area contributed by atoms with Gasteiger partial charge in [-0.1, -0.05) is 24.3 Å². The topological polar surface area (TPSA) is 35.9 Å². The number of β-amino-alcohol motifs (C(OH)–C–C–N with tert-alkyl or cyclic N) is 1. The Bertz CT molecular complexity index is 715. The molecular formula is C20H25BrN2O2. The number of aliphatic hydroxyl groups excluding tert-OH is 1. The molecular weight excluding hydrogens is 380 g/mol. The Balaban J connectivity index is 1.57. The molecule has 1 saturated heterocycles. The van der Waals surface area contributed by atoms with Crippen molar-refractivity contribution in [3.63, 3.8) is 0 Å². The summed E-state index contributed by atoms with van der Waals surface area (Å²) in [5.74, 6) is 0.780. The number of rotatable bonds is 5. The minimum absolute atomic E-state index is 0.493. The molecule has 1 heterocycles. The summed E-state index contributed by atoms with van der Waals surface area (Å²) in [5.41, 5.74) is 3.55. The number of hydrogen-bond acceptors (Lipinski definition) is 4. The molecule has 1 atom stereocenters. The van der Waals surface area contributed by atoms with Crippen molar-refractivity contribution in [2.24, 2.45) is 0 Å². The Labute approximate surface area is 158 Å². The Morgan fingerprint density at radius 3 is 2.48 bits per heavy atom. The Kier molecular flexibility index (Phi) is 5.99. The number of para-hydroxylation sites is 1. The van der Waals surface area contributed by atoms with Crippen LogP contribution in [0.1, 0.15) is 17.2 Å². The van der Waals surface area contributed by atoms with Gasteiger partial charge >= 0.3 is 0 Å². The lowest BCUT2D eigenvalue weighted by atomic mass is 10.1. The summed E-state index contributed by atoms with van der Waals surface area (Å²) in [6, 6.07) is 14.3. The molecule has 1 aliphatic heterocycles. The Hall–Kier alpha value is -1.56. The maximum absolute atomic E-state index is 10.6. The zero-order valence-corrected chi connectivity index (χ0v) is 16.4. The van der Waals surface area contributed by atoms with Gasteiger partial charge in [0.2, 0.25) is 0 Å². The lowest BCUT2D eigenvalue weighted by Crippen LogP contribution is -2.47. The van der Waals surface area contributed by atoms with Crippen LogP contribution in [0.2, 0.25) is 0 Å². The van der Waals surface area contributed by atoms with Crippen LogP contribution in [0, 0.1) is 6.92 Å². The van der Waals surface area contributed by atoms with Gasteiger partial charge in [0.15, 0.2) is 0 Å². The molecule has 4 nitrogen and oxygen atoms in total. The van der Waals surface area contributed by atoms with Crippen LogP contribution in [0.4, 0.5) is 5.69 Å². The number of piperazine rings is 1. The molecule has 0 amide bonds. The van der Waals surface area contributed by atoms with E-state index in [4.69, 9.17) is 4.74 Å². The first-order chi connectivity index (χ1) is 12.1. The van der Waals surface area contributed by atoms with E-state index in [0.717, 1.165) is 42.0 Å². The van der Waals surface area contributed by atoms with Gasteiger partial charge in [-0.2, -0.15) is 0 Å². The van der Waals surface area contributed by atoms with Crippen molar-refractivity contribution in [2.45, 2.75) is 13.0 Å². The van der Waals surface area contributed by atoms with E-state index >= 15 is 0 Å². The highest BCUT2D eigenvalue weighted by atomic mass is 79.9. The summed E-state index contributed by atoms with van der Waals surface area (Å²) in [6.45, 7) is 6.71. The van der Waals surface area contributed by atoms with E-state index in [1.54, 1.807) is 7.11 Å². The van der Waals surface area contributed by atoms with Crippen LogP contribution in [-0.4, -0.2) is 49.8 Å². The van der Waals surface area contributed by atoms with E-state index in [1.807, 2.05) is 18.2 Å². The first-order valence-electron chi connectivity index (χ1n) is 8.63. The molecule has 25 heavy (non-hydrogen) atoms. The highest BCUT2D eigenvalue weighted by molar-refractivity contribution is 9.10. The molecule has 0 bridgehead atoms. The van der Waals surface area contributed by atoms with Gasteiger partial charge in [-0.05, 0) is 52.2 Å². The number of aliphatic hydroxyl groups is 1. The van der Waals surface area contributed by atoms with Crippen LogP contribution in [-0.2, 0) is 0 Å². The second-order valence-electron chi connectivity index (χ2n) is 6.48. The molecule has 134 valence electrons. The average Bonchev–Trinajstić information content (AvgIpc) is 2.63.